The van der Waals surface area contributed by atoms with E-state index < -0.39 is 0 Å². The van der Waals surface area contributed by atoms with Gasteiger partial charge in [-0.15, -0.1) is 0 Å². The van der Waals surface area contributed by atoms with E-state index in [4.69, 9.17) is 9.15 Å². The Hall–Kier alpha value is -3.86. The molecule has 0 bridgehead atoms. The first-order valence-corrected chi connectivity index (χ1v) is 11.8. The zero-order valence-corrected chi connectivity index (χ0v) is 19.4. The Morgan fingerprint density at radius 2 is 1.50 bits per heavy atom. The summed E-state index contributed by atoms with van der Waals surface area (Å²) in [5, 5.41) is 3.58. The summed E-state index contributed by atoms with van der Waals surface area (Å²) in [4.78, 5) is 26.2. The lowest BCUT2D eigenvalue weighted by Crippen LogP contribution is -2.14. The summed E-state index contributed by atoms with van der Waals surface area (Å²) in [5.41, 5.74) is 1.88. The lowest BCUT2D eigenvalue weighted by molar-refractivity contribution is 0.101. The molecule has 34 heavy (non-hydrogen) atoms. The number of furan rings is 1. The van der Waals surface area contributed by atoms with Gasteiger partial charge in [-0.25, -0.2) is 0 Å². The maximum atomic E-state index is 13.1. The van der Waals surface area contributed by atoms with E-state index in [0.717, 1.165) is 18.6 Å². The number of unbranched alkanes of at least 4 members (excludes halogenated alkanes) is 4. The summed E-state index contributed by atoms with van der Waals surface area (Å²) in [6, 6.07) is 23.2. The number of hydrogen-bond donors (Lipinski definition) is 1. The number of carbonyl (C=O) groups excluding carboxylic acids is 2. The number of amides is 1. The van der Waals surface area contributed by atoms with E-state index in [0.29, 0.717) is 34.4 Å². The number of anilines is 1. The van der Waals surface area contributed by atoms with Crippen LogP contribution in [0, 0.1) is 0 Å². The molecule has 0 aliphatic carbocycles. The molecule has 0 radical (unpaired) electrons. The molecule has 1 aromatic heterocycles. The first-order chi connectivity index (χ1) is 16.7. The lowest BCUT2D eigenvalue weighted by Gasteiger charge is -2.09. The van der Waals surface area contributed by atoms with Gasteiger partial charge < -0.3 is 14.5 Å². The van der Waals surface area contributed by atoms with Gasteiger partial charge in [0.2, 0.25) is 5.78 Å². The van der Waals surface area contributed by atoms with Crippen molar-refractivity contribution in [3.63, 3.8) is 0 Å². The third-order valence-electron chi connectivity index (χ3n) is 5.71. The van der Waals surface area contributed by atoms with Gasteiger partial charge >= 0.3 is 0 Å². The largest absolute Gasteiger partial charge is 0.494 e. The number of benzene rings is 3. The third-order valence-corrected chi connectivity index (χ3v) is 5.71. The van der Waals surface area contributed by atoms with Crippen LogP contribution in [0.15, 0.2) is 83.3 Å². The number of fused-ring (bicyclic) bond motifs is 1. The number of ether oxygens (including phenoxy) is 1. The van der Waals surface area contributed by atoms with Gasteiger partial charge in [0.15, 0.2) is 5.76 Å². The van der Waals surface area contributed by atoms with Crippen LogP contribution in [0.5, 0.6) is 5.75 Å². The summed E-state index contributed by atoms with van der Waals surface area (Å²) >= 11 is 0. The highest BCUT2D eigenvalue weighted by Crippen LogP contribution is 2.33. The second kappa shape index (κ2) is 11.3. The molecule has 1 heterocycles. The van der Waals surface area contributed by atoms with Gasteiger partial charge in [0.25, 0.3) is 5.91 Å². The van der Waals surface area contributed by atoms with Gasteiger partial charge in [0.1, 0.15) is 11.3 Å². The Labute approximate surface area is 199 Å². The first-order valence-electron chi connectivity index (χ1n) is 11.8. The van der Waals surface area contributed by atoms with Gasteiger partial charge in [-0.05, 0) is 42.8 Å². The van der Waals surface area contributed by atoms with E-state index in [1.807, 2.05) is 24.3 Å². The van der Waals surface area contributed by atoms with E-state index in [1.165, 1.54) is 19.3 Å². The van der Waals surface area contributed by atoms with Crippen LogP contribution in [0.25, 0.3) is 11.0 Å². The molecule has 0 spiro atoms. The highest BCUT2D eigenvalue weighted by Gasteiger charge is 2.23. The fourth-order valence-electron chi connectivity index (χ4n) is 3.83. The van der Waals surface area contributed by atoms with Crippen molar-refractivity contribution in [1.29, 1.82) is 0 Å². The fraction of sp³-hybridized carbons (Fsp3) is 0.241. The minimum atomic E-state index is -0.320. The Bertz CT molecular complexity index is 1240. The number of ketones is 1. The van der Waals surface area contributed by atoms with Crippen LogP contribution < -0.4 is 10.1 Å². The molecule has 0 atom stereocenters. The maximum Gasteiger partial charge on any atom is 0.255 e. The van der Waals surface area contributed by atoms with E-state index in [1.54, 1.807) is 54.6 Å². The molecule has 4 rings (SSSR count). The van der Waals surface area contributed by atoms with Crippen molar-refractivity contribution in [2.45, 2.75) is 39.0 Å². The fourth-order valence-corrected chi connectivity index (χ4v) is 3.83. The predicted octanol–water partition coefficient (Wildman–Crippen LogP) is 7.27. The maximum absolute atomic E-state index is 13.1. The Balaban J connectivity index is 1.48. The van der Waals surface area contributed by atoms with Gasteiger partial charge in [0.05, 0.1) is 12.3 Å². The topological polar surface area (TPSA) is 68.5 Å². The average Bonchev–Trinajstić information content (AvgIpc) is 3.24. The van der Waals surface area contributed by atoms with Crippen LogP contribution in [-0.2, 0) is 0 Å². The van der Waals surface area contributed by atoms with Crippen molar-refractivity contribution in [1.82, 2.24) is 0 Å². The van der Waals surface area contributed by atoms with Crippen LogP contribution >= 0.6 is 0 Å². The molecule has 5 heteroatoms. The van der Waals surface area contributed by atoms with Crippen molar-refractivity contribution in [2.24, 2.45) is 0 Å². The van der Waals surface area contributed by atoms with Crippen molar-refractivity contribution < 1.29 is 18.7 Å². The second-order valence-corrected chi connectivity index (χ2v) is 8.24. The van der Waals surface area contributed by atoms with Crippen LogP contribution in [0.4, 0.5) is 5.69 Å². The Morgan fingerprint density at radius 3 is 2.26 bits per heavy atom. The van der Waals surface area contributed by atoms with Crippen LogP contribution in [0.3, 0.4) is 0 Å². The number of hydrogen-bond acceptors (Lipinski definition) is 4. The Kier molecular flexibility index (Phi) is 7.76. The monoisotopic (exact) mass is 455 g/mol. The minimum Gasteiger partial charge on any atom is -0.494 e. The summed E-state index contributed by atoms with van der Waals surface area (Å²) in [5.74, 6) is 0.249. The van der Waals surface area contributed by atoms with E-state index in [-0.39, 0.29) is 17.5 Å². The molecule has 1 N–H and O–H groups in total. The van der Waals surface area contributed by atoms with E-state index in [9.17, 15) is 9.59 Å². The predicted molar refractivity (Wildman–Crippen MR) is 135 cm³/mol. The van der Waals surface area contributed by atoms with Crippen molar-refractivity contribution in [2.75, 3.05) is 11.9 Å². The number of para-hydroxylation sites is 1. The molecule has 174 valence electrons. The van der Waals surface area contributed by atoms with Gasteiger partial charge in [0, 0.05) is 16.5 Å². The zero-order valence-electron chi connectivity index (χ0n) is 19.4. The average molecular weight is 456 g/mol. The summed E-state index contributed by atoms with van der Waals surface area (Å²) in [7, 11) is 0. The first kappa shape index (κ1) is 23.3. The van der Waals surface area contributed by atoms with Crippen molar-refractivity contribution >= 4 is 28.3 Å². The van der Waals surface area contributed by atoms with Crippen molar-refractivity contribution in [3.05, 3.63) is 95.7 Å². The number of carbonyl (C=O) groups is 2. The van der Waals surface area contributed by atoms with Crippen LogP contribution in [0.2, 0.25) is 0 Å². The molecule has 0 fully saturated rings. The van der Waals surface area contributed by atoms with Gasteiger partial charge in [-0.1, -0.05) is 75.1 Å². The molecule has 3 aromatic carbocycles. The summed E-state index contributed by atoms with van der Waals surface area (Å²) in [6.07, 6.45) is 5.90. The molecule has 5 nitrogen and oxygen atoms in total. The molecule has 0 saturated carbocycles. The molecular formula is C29H29NO4. The van der Waals surface area contributed by atoms with Crippen LogP contribution in [0.1, 0.15) is 65.5 Å². The zero-order chi connectivity index (χ0) is 23.8. The molecule has 1 amide bonds. The van der Waals surface area contributed by atoms with Gasteiger partial charge in [-0.2, -0.15) is 0 Å². The Morgan fingerprint density at radius 1 is 0.794 bits per heavy atom. The molecule has 0 unspecified atom stereocenters. The lowest BCUT2D eigenvalue weighted by atomic mass is 10.1. The highest BCUT2D eigenvalue weighted by atomic mass is 16.5. The quantitative estimate of drug-likeness (QED) is 0.191. The van der Waals surface area contributed by atoms with E-state index in [2.05, 4.69) is 12.2 Å². The summed E-state index contributed by atoms with van der Waals surface area (Å²) in [6.45, 7) is 2.87. The highest BCUT2D eigenvalue weighted by molar-refractivity contribution is 6.18. The second-order valence-electron chi connectivity index (χ2n) is 8.24. The van der Waals surface area contributed by atoms with E-state index >= 15 is 0 Å². The SMILES string of the molecule is CCCCCCCOc1ccc(C(=O)Nc2c(C(=O)c3ccccc3)oc3ccccc23)cc1. The standard InChI is InChI=1S/C29H29NO4/c1-2-3-4-5-11-20-33-23-18-16-22(17-19-23)29(32)30-26-24-14-9-10-15-25(24)34-28(26)27(31)21-12-7-6-8-13-21/h6-10,12-19H,2-5,11,20H2,1H3,(H,30,32). The molecular weight excluding hydrogens is 426 g/mol. The molecule has 4 aromatic rings. The van der Waals surface area contributed by atoms with Crippen molar-refractivity contribution in [3.8, 4) is 5.75 Å². The third kappa shape index (κ3) is 5.54. The minimum absolute atomic E-state index is 0.115. The number of nitrogens with one attached hydrogen (secondary N) is 1. The van der Waals surface area contributed by atoms with Gasteiger partial charge in [-0.3, -0.25) is 9.59 Å². The number of rotatable bonds is 11. The van der Waals surface area contributed by atoms with Crippen LogP contribution in [-0.4, -0.2) is 18.3 Å². The molecule has 0 aliphatic rings. The summed E-state index contributed by atoms with van der Waals surface area (Å²) < 4.78 is 11.7. The normalized spacial score (nSPS) is 10.9. The molecule has 0 aliphatic heterocycles. The smallest absolute Gasteiger partial charge is 0.255 e. The molecule has 0 saturated heterocycles.